The maximum Gasteiger partial charge on any atom is 0.339 e. The van der Waals surface area contributed by atoms with Crippen LogP contribution in [-0.2, 0) is 4.74 Å². The zero-order valence-electron chi connectivity index (χ0n) is 7.17. The third-order valence-corrected chi connectivity index (χ3v) is 2.02. The summed E-state index contributed by atoms with van der Waals surface area (Å²) in [5.41, 5.74) is 0.240. The van der Waals surface area contributed by atoms with Gasteiger partial charge in [0.05, 0.1) is 17.2 Å². The Morgan fingerprint density at radius 1 is 1.43 bits per heavy atom. The lowest BCUT2D eigenvalue weighted by Gasteiger charge is -2.04. The summed E-state index contributed by atoms with van der Waals surface area (Å²) in [6, 6.07) is 4.48. The number of hydrogen-bond donors (Lipinski definition) is 1. The molecule has 0 unspecified atom stereocenters. The Morgan fingerprint density at radius 3 is 2.71 bits per heavy atom. The van der Waals surface area contributed by atoms with Gasteiger partial charge in [-0.2, -0.15) is 0 Å². The third-order valence-electron chi connectivity index (χ3n) is 1.48. The van der Waals surface area contributed by atoms with Crippen LogP contribution in [0.25, 0.3) is 0 Å². The molecule has 0 spiro atoms. The van der Waals surface area contributed by atoms with Gasteiger partial charge in [-0.1, -0.05) is 23.2 Å². The van der Waals surface area contributed by atoms with Gasteiger partial charge in [-0.25, -0.2) is 4.79 Å². The highest BCUT2D eigenvalue weighted by Gasteiger charge is 2.11. The van der Waals surface area contributed by atoms with E-state index in [-0.39, 0.29) is 23.8 Å². The number of aliphatic hydroxyl groups excluding tert-OH is 1. The quantitative estimate of drug-likeness (QED) is 0.816. The lowest BCUT2D eigenvalue weighted by molar-refractivity contribution is 0.0434. The Morgan fingerprint density at radius 2 is 2.14 bits per heavy atom. The number of ether oxygens (including phenoxy) is 1. The zero-order valence-corrected chi connectivity index (χ0v) is 8.68. The second kappa shape index (κ2) is 5.20. The molecule has 14 heavy (non-hydrogen) atoms. The highest BCUT2D eigenvalue weighted by atomic mass is 35.5. The molecule has 0 aliphatic carbocycles. The van der Waals surface area contributed by atoms with E-state index in [1.54, 1.807) is 6.07 Å². The molecule has 0 heterocycles. The molecule has 0 aromatic heterocycles. The number of esters is 1. The Labute approximate surface area is 91.2 Å². The number of aliphatic hydroxyl groups is 1. The van der Waals surface area contributed by atoms with E-state index in [0.717, 1.165) is 0 Å². The van der Waals surface area contributed by atoms with E-state index >= 15 is 0 Å². The van der Waals surface area contributed by atoms with Crippen molar-refractivity contribution in [1.82, 2.24) is 0 Å². The maximum atomic E-state index is 11.3. The fourth-order valence-corrected chi connectivity index (χ4v) is 1.36. The predicted molar refractivity (Wildman–Crippen MR) is 53.8 cm³/mol. The number of carbonyl (C=O) groups is 1. The molecule has 76 valence electrons. The second-order valence-electron chi connectivity index (χ2n) is 2.48. The number of benzene rings is 1. The van der Waals surface area contributed by atoms with E-state index in [0.29, 0.717) is 5.02 Å². The highest BCUT2D eigenvalue weighted by molar-refractivity contribution is 6.36. The molecule has 0 amide bonds. The fourth-order valence-electron chi connectivity index (χ4n) is 0.871. The average molecular weight is 235 g/mol. The first kappa shape index (κ1) is 11.3. The zero-order chi connectivity index (χ0) is 10.6. The summed E-state index contributed by atoms with van der Waals surface area (Å²) in [5, 5.41) is 9.13. The Kier molecular flexibility index (Phi) is 4.20. The van der Waals surface area contributed by atoms with Crippen molar-refractivity contribution in [3.63, 3.8) is 0 Å². The molecular formula is C9H8Cl2O3. The van der Waals surface area contributed by atoms with E-state index in [1.807, 2.05) is 0 Å². The topological polar surface area (TPSA) is 46.5 Å². The molecule has 0 radical (unpaired) electrons. The van der Waals surface area contributed by atoms with Crippen molar-refractivity contribution in [2.75, 3.05) is 13.2 Å². The van der Waals surface area contributed by atoms with Gasteiger partial charge in [0.15, 0.2) is 0 Å². The molecule has 0 bridgehead atoms. The molecule has 3 nitrogen and oxygen atoms in total. The van der Waals surface area contributed by atoms with Gasteiger partial charge in [-0.3, -0.25) is 0 Å². The first-order valence-corrected chi connectivity index (χ1v) is 4.64. The second-order valence-corrected chi connectivity index (χ2v) is 3.33. The minimum Gasteiger partial charge on any atom is -0.460 e. The number of carbonyl (C=O) groups excluding carboxylic acids is 1. The molecule has 0 saturated heterocycles. The van der Waals surface area contributed by atoms with Crippen LogP contribution in [0, 0.1) is 0 Å². The van der Waals surface area contributed by atoms with Crippen molar-refractivity contribution in [3.05, 3.63) is 33.8 Å². The first-order chi connectivity index (χ1) is 6.65. The number of rotatable bonds is 3. The van der Waals surface area contributed by atoms with Crippen LogP contribution in [0.2, 0.25) is 10.0 Å². The van der Waals surface area contributed by atoms with Gasteiger partial charge >= 0.3 is 5.97 Å². The minimum atomic E-state index is -0.569. The largest absolute Gasteiger partial charge is 0.460 e. The van der Waals surface area contributed by atoms with Crippen LogP contribution in [0.4, 0.5) is 0 Å². The molecule has 1 aromatic carbocycles. The summed E-state index contributed by atoms with van der Waals surface area (Å²) in [4.78, 5) is 11.3. The van der Waals surface area contributed by atoms with Crippen LogP contribution < -0.4 is 0 Å². The van der Waals surface area contributed by atoms with Gasteiger partial charge in [0, 0.05) is 5.02 Å². The van der Waals surface area contributed by atoms with E-state index in [2.05, 4.69) is 4.74 Å². The van der Waals surface area contributed by atoms with E-state index < -0.39 is 5.97 Å². The van der Waals surface area contributed by atoms with Gasteiger partial charge in [-0.15, -0.1) is 0 Å². The molecule has 0 saturated carbocycles. The normalized spacial score (nSPS) is 9.93. The summed E-state index contributed by atoms with van der Waals surface area (Å²) < 4.78 is 4.68. The van der Waals surface area contributed by atoms with Gasteiger partial charge in [0.25, 0.3) is 0 Å². The van der Waals surface area contributed by atoms with E-state index in [9.17, 15) is 4.79 Å². The molecule has 1 rings (SSSR count). The van der Waals surface area contributed by atoms with Crippen molar-refractivity contribution in [2.45, 2.75) is 0 Å². The monoisotopic (exact) mass is 234 g/mol. The van der Waals surface area contributed by atoms with Crippen molar-refractivity contribution in [2.24, 2.45) is 0 Å². The maximum absolute atomic E-state index is 11.3. The van der Waals surface area contributed by atoms with Gasteiger partial charge < -0.3 is 9.84 Å². The van der Waals surface area contributed by atoms with Crippen LogP contribution in [0.1, 0.15) is 10.4 Å². The Hall–Kier alpha value is -0.770. The smallest absolute Gasteiger partial charge is 0.339 e. The van der Waals surface area contributed by atoms with Crippen LogP contribution in [0.15, 0.2) is 18.2 Å². The van der Waals surface area contributed by atoms with Crippen LogP contribution in [-0.4, -0.2) is 24.3 Å². The van der Waals surface area contributed by atoms with E-state index in [1.165, 1.54) is 12.1 Å². The van der Waals surface area contributed by atoms with Crippen molar-refractivity contribution in [1.29, 1.82) is 0 Å². The average Bonchev–Trinajstić information content (AvgIpc) is 2.14. The highest BCUT2D eigenvalue weighted by Crippen LogP contribution is 2.21. The summed E-state index contributed by atoms with van der Waals surface area (Å²) in [6.07, 6.45) is 0. The molecule has 0 fully saturated rings. The predicted octanol–water partition coefficient (Wildman–Crippen LogP) is 2.14. The molecular weight excluding hydrogens is 227 g/mol. The van der Waals surface area contributed by atoms with Crippen molar-refractivity contribution >= 4 is 29.2 Å². The summed E-state index contributed by atoms with van der Waals surface area (Å²) in [6.45, 7) is -0.255. The van der Waals surface area contributed by atoms with Gasteiger partial charge in [0.1, 0.15) is 6.61 Å². The molecule has 1 N–H and O–H groups in total. The standard InChI is InChI=1S/C9H8Cl2O3/c10-6-1-2-7(8(11)5-6)9(13)14-4-3-12/h1-2,5,12H,3-4H2. The minimum absolute atomic E-state index is 0.0439. The lowest BCUT2D eigenvalue weighted by atomic mass is 10.2. The third kappa shape index (κ3) is 2.87. The van der Waals surface area contributed by atoms with Crippen molar-refractivity contribution < 1.29 is 14.6 Å². The molecule has 1 aromatic rings. The Bertz CT molecular complexity index is 339. The molecule has 0 atom stereocenters. The summed E-state index contributed by atoms with van der Waals surface area (Å²) in [7, 11) is 0. The van der Waals surface area contributed by atoms with Gasteiger partial charge in [-0.05, 0) is 18.2 Å². The molecule has 0 aliphatic heterocycles. The van der Waals surface area contributed by atoms with Crippen molar-refractivity contribution in [3.8, 4) is 0 Å². The van der Waals surface area contributed by atoms with E-state index in [4.69, 9.17) is 28.3 Å². The first-order valence-electron chi connectivity index (χ1n) is 3.88. The lowest BCUT2D eigenvalue weighted by Crippen LogP contribution is -2.09. The fraction of sp³-hybridized carbons (Fsp3) is 0.222. The number of hydrogen-bond acceptors (Lipinski definition) is 3. The van der Waals surface area contributed by atoms with Crippen LogP contribution in [0.5, 0.6) is 0 Å². The Balaban J connectivity index is 2.80. The van der Waals surface area contributed by atoms with Crippen LogP contribution >= 0.6 is 23.2 Å². The van der Waals surface area contributed by atoms with Gasteiger partial charge in [0.2, 0.25) is 0 Å². The molecule has 5 heteroatoms. The molecule has 0 aliphatic rings. The summed E-state index contributed by atoms with van der Waals surface area (Å²) in [5.74, 6) is -0.569. The number of halogens is 2. The summed E-state index contributed by atoms with van der Waals surface area (Å²) >= 11 is 11.4. The SMILES string of the molecule is O=C(OCCO)c1ccc(Cl)cc1Cl. The van der Waals surface area contributed by atoms with Crippen LogP contribution in [0.3, 0.4) is 0 Å².